The van der Waals surface area contributed by atoms with Gasteiger partial charge in [-0.2, -0.15) is 0 Å². The molecule has 2 aliphatic rings. The number of anilines is 1. The van der Waals surface area contributed by atoms with Crippen molar-refractivity contribution in [1.29, 1.82) is 0 Å². The molecule has 0 saturated carbocycles. The Morgan fingerprint density at radius 1 is 1.31 bits per heavy atom. The van der Waals surface area contributed by atoms with E-state index in [1.54, 1.807) is 11.1 Å². The molecule has 1 saturated heterocycles. The summed E-state index contributed by atoms with van der Waals surface area (Å²) in [5, 5.41) is 4.94. The van der Waals surface area contributed by atoms with Crippen molar-refractivity contribution in [1.82, 2.24) is 9.88 Å². The van der Waals surface area contributed by atoms with Gasteiger partial charge in [-0.1, -0.05) is 29.8 Å². The number of nitrogens with zero attached hydrogens (tertiary/aromatic N) is 2. The molecule has 0 radical (unpaired) electrons. The minimum atomic E-state index is -0.906. The fourth-order valence-corrected chi connectivity index (χ4v) is 5.12. The number of likely N-dealkylation sites (tertiary alicyclic amines) is 1. The van der Waals surface area contributed by atoms with Crippen LogP contribution in [0.25, 0.3) is 10.9 Å². The van der Waals surface area contributed by atoms with Crippen LogP contribution in [0.15, 0.2) is 54.7 Å². The van der Waals surface area contributed by atoms with E-state index >= 15 is 0 Å². The molecule has 3 N–H and O–H groups in total. The average Bonchev–Trinajstić information content (AvgIpc) is 2.75. The number of hydrogen-bond acceptors (Lipinski definition) is 5. The minimum absolute atomic E-state index is 0.284. The first-order chi connectivity index (χ1) is 15.4. The summed E-state index contributed by atoms with van der Waals surface area (Å²) in [6.45, 7) is 2.71. The first-order valence-corrected chi connectivity index (χ1v) is 10.9. The number of carbonyl (C=O) groups is 2. The van der Waals surface area contributed by atoms with Gasteiger partial charge in [0.05, 0.1) is 5.52 Å². The Hall–Kier alpha value is -3.32. The van der Waals surface area contributed by atoms with Crippen LogP contribution in [-0.2, 0) is 9.59 Å². The molecule has 2 aromatic carbocycles. The number of ether oxygens (including phenoxy) is 1. The molecule has 8 heteroatoms. The Labute approximate surface area is 190 Å². The van der Waals surface area contributed by atoms with E-state index in [0.29, 0.717) is 30.3 Å². The molecule has 2 bridgehead atoms. The van der Waals surface area contributed by atoms with Gasteiger partial charge < -0.3 is 20.7 Å². The molecule has 2 aliphatic heterocycles. The summed E-state index contributed by atoms with van der Waals surface area (Å²) in [5.74, 6) is -1.39. The number of fused-ring (bicyclic) bond motifs is 5. The van der Waals surface area contributed by atoms with Crippen LogP contribution >= 0.6 is 11.6 Å². The van der Waals surface area contributed by atoms with Crippen LogP contribution in [0.2, 0.25) is 5.02 Å². The van der Waals surface area contributed by atoms with E-state index in [1.165, 1.54) is 0 Å². The van der Waals surface area contributed by atoms with Gasteiger partial charge in [-0.15, -0.1) is 0 Å². The summed E-state index contributed by atoms with van der Waals surface area (Å²) >= 11 is 6.08. The summed E-state index contributed by atoms with van der Waals surface area (Å²) < 4.78 is 6.29. The van der Waals surface area contributed by atoms with Gasteiger partial charge >= 0.3 is 0 Å². The lowest BCUT2D eigenvalue weighted by Gasteiger charge is -2.52. The summed E-state index contributed by atoms with van der Waals surface area (Å²) in [5.41, 5.74) is 7.38. The number of benzene rings is 2. The van der Waals surface area contributed by atoms with Crippen molar-refractivity contribution in [3.05, 3.63) is 65.3 Å². The second-order valence-corrected chi connectivity index (χ2v) is 8.88. The smallest absolute Gasteiger partial charge is 0.238 e. The standard InChI is InChI=1S/C24H23ClN4O3/c1-24-13-17(15-4-2-3-5-20(15)32-24)21(22(26)30)23(31)29(24)11-10-28-18-8-9-27-19-12-14(25)6-7-16(18)19/h2-9,12,17,21H,10-11,13H2,1H3,(H2,26,30)(H,27,28)/t17-,21-,24-/m0/s1. The predicted octanol–water partition coefficient (Wildman–Crippen LogP) is 3.53. The SMILES string of the molecule is C[C@@]12C[C@@H](c3ccccc3O1)[C@@H](C(N)=O)C(=O)N2CCNc1ccnc2cc(Cl)ccc12. The average molecular weight is 451 g/mol. The highest BCUT2D eigenvalue weighted by atomic mass is 35.5. The van der Waals surface area contributed by atoms with Gasteiger partial charge in [-0.05, 0) is 42.8 Å². The van der Waals surface area contributed by atoms with Gasteiger partial charge in [0.25, 0.3) is 0 Å². The molecule has 3 atom stereocenters. The van der Waals surface area contributed by atoms with Gasteiger partial charge in [-0.3, -0.25) is 14.6 Å². The van der Waals surface area contributed by atoms with E-state index in [-0.39, 0.29) is 11.8 Å². The number of pyridine rings is 1. The predicted molar refractivity (Wildman–Crippen MR) is 122 cm³/mol. The Kier molecular flexibility index (Phi) is 4.93. The quantitative estimate of drug-likeness (QED) is 0.579. The number of nitrogens with one attached hydrogen (secondary N) is 1. The molecular formula is C24H23ClN4O3. The number of primary amides is 1. The second kappa shape index (κ2) is 7.67. The van der Waals surface area contributed by atoms with E-state index in [9.17, 15) is 9.59 Å². The Balaban J connectivity index is 1.40. The first-order valence-electron chi connectivity index (χ1n) is 10.5. The third kappa shape index (κ3) is 3.33. The summed E-state index contributed by atoms with van der Waals surface area (Å²) in [6.07, 6.45) is 2.23. The highest BCUT2D eigenvalue weighted by molar-refractivity contribution is 6.31. The number of carbonyl (C=O) groups excluding carboxylic acids is 2. The summed E-state index contributed by atoms with van der Waals surface area (Å²) in [6, 6.07) is 15.0. The highest BCUT2D eigenvalue weighted by Crippen LogP contribution is 2.49. The topological polar surface area (TPSA) is 97.5 Å². The van der Waals surface area contributed by atoms with Crippen molar-refractivity contribution in [2.45, 2.75) is 25.0 Å². The van der Waals surface area contributed by atoms with Crippen LogP contribution in [-0.4, -0.2) is 40.5 Å². The van der Waals surface area contributed by atoms with E-state index in [4.69, 9.17) is 22.1 Å². The molecule has 3 heterocycles. The van der Waals surface area contributed by atoms with Crippen LogP contribution in [0.4, 0.5) is 5.69 Å². The Bertz CT molecular complexity index is 1230. The number of hydrogen-bond donors (Lipinski definition) is 2. The molecule has 1 fully saturated rings. The Morgan fingerprint density at radius 2 is 2.12 bits per heavy atom. The number of halogens is 1. The Morgan fingerprint density at radius 3 is 2.94 bits per heavy atom. The van der Waals surface area contributed by atoms with Crippen molar-refractivity contribution in [2.24, 2.45) is 11.7 Å². The van der Waals surface area contributed by atoms with E-state index in [0.717, 1.165) is 22.2 Å². The second-order valence-electron chi connectivity index (χ2n) is 8.44. The lowest BCUT2D eigenvalue weighted by atomic mass is 9.73. The molecule has 7 nitrogen and oxygen atoms in total. The molecule has 3 aromatic rings. The maximum atomic E-state index is 13.4. The molecule has 32 heavy (non-hydrogen) atoms. The van der Waals surface area contributed by atoms with Crippen molar-refractivity contribution in [2.75, 3.05) is 18.4 Å². The summed E-state index contributed by atoms with van der Waals surface area (Å²) in [7, 11) is 0. The van der Waals surface area contributed by atoms with Crippen molar-refractivity contribution >= 4 is 40.0 Å². The number of piperidine rings is 1. The minimum Gasteiger partial charge on any atom is -0.468 e. The zero-order valence-electron chi connectivity index (χ0n) is 17.5. The van der Waals surface area contributed by atoms with Crippen LogP contribution in [0.5, 0.6) is 5.75 Å². The lowest BCUT2D eigenvalue weighted by molar-refractivity contribution is -0.174. The lowest BCUT2D eigenvalue weighted by Crippen LogP contribution is -2.65. The van der Waals surface area contributed by atoms with Crippen molar-refractivity contribution in [3.8, 4) is 5.75 Å². The van der Waals surface area contributed by atoms with E-state index < -0.39 is 17.6 Å². The van der Waals surface area contributed by atoms with Gasteiger partial charge in [-0.25, -0.2) is 0 Å². The molecule has 164 valence electrons. The van der Waals surface area contributed by atoms with Crippen molar-refractivity contribution < 1.29 is 14.3 Å². The number of nitrogens with two attached hydrogens (primary N) is 1. The van der Waals surface area contributed by atoms with Gasteiger partial charge in [0.2, 0.25) is 11.8 Å². The van der Waals surface area contributed by atoms with Crippen LogP contribution in [0.1, 0.15) is 24.8 Å². The van der Waals surface area contributed by atoms with E-state index in [1.807, 2.05) is 55.5 Å². The van der Waals surface area contributed by atoms with Crippen LogP contribution in [0, 0.1) is 5.92 Å². The summed E-state index contributed by atoms with van der Waals surface area (Å²) in [4.78, 5) is 31.7. The van der Waals surface area contributed by atoms with Crippen LogP contribution < -0.4 is 15.8 Å². The van der Waals surface area contributed by atoms with Gasteiger partial charge in [0.1, 0.15) is 11.7 Å². The monoisotopic (exact) mass is 450 g/mol. The highest BCUT2D eigenvalue weighted by Gasteiger charge is 2.55. The van der Waals surface area contributed by atoms with Gasteiger partial charge in [0.15, 0.2) is 5.72 Å². The number of amides is 2. The zero-order chi connectivity index (χ0) is 22.5. The molecule has 0 unspecified atom stereocenters. The normalized spacial score (nSPS) is 24.1. The molecule has 5 rings (SSSR count). The third-order valence-electron chi connectivity index (χ3n) is 6.41. The zero-order valence-corrected chi connectivity index (χ0v) is 18.3. The number of aromatic nitrogens is 1. The molecule has 0 aliphatic carbocycles. The third-order valence-corrected chi connectivity index (χ3v) is 6.65. The maximum absolute atomic E-state index is 13.4. The maximum Gasteiger partial charge on any atom is 0.238 e. The van der Waals surface area contributed by atoms with E-state index in [2.05, 4.69) is 10.3 Å². The molecule has 2 amide bonds. The fraction of sp³-hybridized carbons (Fsp3) is 0.292. The van der Waals surface area contributed by atoms with Crippen LogP contribution in [0.3, 0.4) is 0 Å². The van der Waals surface area contributed by atoms with Gasteiger partial charge in [0, 0.05) is 47.7 Å². The number of para-hydroxylation sites is 1. The first kappa shape index (κ1) is 20.6. The molecule has 1 aromatic heterocycles. The molecular weight excluding hydrogens is 428 g/mol. The number of rotatable bonds is 5. The van der Waals surface area contributed by atoms with Crippen molar-refractivity contribution in [3.63, 3.8) is 0 Å². The largest absolute Gasteiger partial charge is 0.468 e. The fourth-order valence-electron chi connectivity index (χ4n) is 4.96. The molecule has 0 spiro atoms.